The second kappa shape index (κ2) is 17.7. The van der Waals surface area contributed by atoms with Crippen molar-refractivity contribution < 1.29 is 48.1 Å². The molecular weight excluding hydrogens is 755 g/mol. The Morgan fingerprint density at radius 2 is 1.74 bits per heavy atom. The molecule has 2 aliphatic heterocycles. The number of aromatic carboxylic acids is 1. The minimum absolute atomic E-state index is 0.0860. The third kappa shape index (κ3) is 8.90. The standard InChI is InChI=1S/C42H45N3O11S/c1-5-27(6-2)55-35-17-23(42(53)54-7-3)16-32(39(35)44-22(4)46)43-14-15-57-36-21-37(49)45(40(36)50)24-8-11-28(31(18-24)41(51)52)38-29-12-9-25(47)19-33(29)56-34-20-26(48)10-13-30(34)38/h8-13,17-20,27,32,35-36,39,43,47H,5-7,14-16,21H2,1-4H3,(H,44,46)(H,51,52)/t32-,35+,36?,39?/m0/s1. The number of phenolic OH excluding ortho intramolecular Hbond substituents is 1. The summed E-state index contributed by atoms with van der Waals surface area (Å²) in [7, 11) is 0. The number of hydrogen-bond donors (Lipinski definition) is 4. The Labute approximate surface area is 332 Å². The van der Waals surface area contributed by atoms with Crippen molar-refractivity contribution in [2.75, 3.05) is 23.8 Å². The summed E-state index contributed by atoms with van der Waals surface area (Å²) < 4.78 is 17.6. The van der Waals surface area contributed by atoms with Gasteiger partial charge >= 0.3 is 11.9 Å². The van der Waals surface area contributed by atoms with Crippen LogP contribution in [0.3, 0.4) is 0 Å². The van der Waals surface area contributed by atoms with Crippen LogP contribution in [0, 0.1) is 0 Å². The summed E-state index contributed by atoms with van der Waals surface area (Å²) in [6.07, 6.45) is 2.74. The van der Waals surface area contributed by atoms with Gasteiger partial charge in [-0.25, -0.2) is 14.5 Å². The van der Waals surface area contributed by atoms with Crippen LogP contribution in [0.15, 0.2) is 75.5 Å². The van der Waals surface area contributed by atoms with Crippen molar-refractivity contribution in [1.29, 1.82) is 0 Å². The predicted molar refractivity (Wildman–Crippen MR) is 214 cm³/mol. The predicted octanol–water partition coefficient (Wildman–Crippen LogP) is 5.26. The maximum atomic E-state index is 13.7. The van der Waals surface area contributed by atoms with Gasteiger partial charge in [-0.1, -0.05) is 19.9 Å². The molecule has 0 spiro atoms. The topological polar surface area (TPSA) is 202 Å². The highest BCUT2D eigenvalue weighted by Gasteiger charge is 2.41. The molecule has 15 heteroatoms. The van der Waals surface area contributed by atoms with Crippen molar-refractivity contribution >= 4 is 58.1 Å². The normalized spacial score (nSPS) is 19.7. The number of anilines is 1. The van der Waals surface area contributed by atoms with Crippen LogP contribution in [0.2, 0.25) is 0 Å². The van der Waals surface area contributed by atoms with Crippen molar-refractivity contribution in [3.05, 3.63) is 82.0 Å². The van der Waals surface area contributed by atoms with Gasteiger partial charge in [0, 0.05) is 65.9 Å². The number of amides is 3. The van der Waals surface area contributed by atoms with E-state index in [1.807, 2.05) is 13.8 Å². The van der Waals surface area contributed by atoms with Gasteiger partial charge in [0.15, 0.2) is 5.43 Å². The highest BCUT2D eigenvalue weighted by molar-refractivity contribution is 8.00. The Balaban J connectivity index is 1.20. The van der Waals surface area contributed by atoms with E-state index >= 15 is 0 Å². The summed E-state index contributed by atoms with van der Waals surface area (Å²) in [4.78, 5) is 78.2. The van der Waals surface area contributed by atoms with Gasteiger partial charge in [0.2, 0.25) is 17.7 Å². The van der Waals surface area contributed by atoms with Gasteiger partial charge in [0.25, 0.3) is 0 Å². The second-order valence-corrected chi connectivity index (χ2v) is 15.2. The van der Waals surface area contributed by atoms with Crippen LogP contribution in [-0.2, 0) is 28.7 Å². The van der Waals surface area contributed by atoms with Crippen LogP contribution in [0.1, 0.15) is 63.7 Å². The molecule has 2 unspecified atom stereocenters. The summed E-state index contributed by atoms with van der Waals surface area (Å²) in [6.45, 7) is 7.74. The molecule has 1 fully saturated rings. The molecule has 6 rings (SSSR count). The minimum Gasteiger partial charge on any atom is -0.508 e. The SMILES string of the molecule is CCOC(=O)C1=C[C@@H](OC(CC)CC)C(NC(C)=O)[C@@H](NCCSC2CC(=O)N(c3ccc(-c4c5ccc(=O)cc-5oc5cc(O)ccc45)c(C(=O)O)c3)C2=O)C1. The Bertz CT molecular complexity index is 2270. The average molecular weight is 800 g/mol. The lowest BCUT2D eigenvalue weighted by molar-refractivity contribution is -0.139. The zero-order valence-electron chi connectivity index (χ0n) is 32.0. The molecule has 14 nitrogen and oxygen atoms in total. The lowest BCUT2D eigenvalue weighted by atomic mass is 9.87. The number of ether oxygens (including phenoxy) is 2. The number of carbonyl (C=O) groups excluding carboxylic acids is 4. The van der Waals surface area contributed by atoms with E-state index in [0.717, 1.165) is 17.7 Å². The van der Waals surface area contributed by atoms with E-state index in [4.69, 9.17) is 13.9 Å². The number of fused-ring (bicyclic) bond motifs is 2. The minimum atomic E-state index is -1.31. The number of phenols is 1. The number of nitrogens with one attached hydrogen (secondary N) is 2. The zero-order chi connectivity index (χ0) is 41.0. The zero-order valence-corrected chi connectivity index (χ0v) is 32.9. The van der Waals surface area contributed by atoms with Gasteiger partial charge in [-0.2, -0.15) is 0 Å². The molecule has 2 aliphatic carbocycles. The van der Waals surface area contributed by atoms with Crippen LogP contribution in [0.25, 0.3) is 33.4 Å². The molecule has 1 saturated heterocycles. The van der Waals surface area contributed by atoms with Gasteiger partial charge in [0.05, 0.1) is 41.4 Å². The molecule has 4 N–H and O–H groups in total. The van der Waals surface area contributed by atoms with E-state index in [9.17, 15) is 39.0 Å². The first-order valence-corrected chi connectivity index (χ1v) is 20.0. The molecule has 2 aromatic rings. The molecule has 0 aromatic heterocycles. The van der Waals surface area contributed by atoms with Crippen molar-refractivity contribution in [3.63, 3.8) is 0 Å². The Kier molecular flexibility index (Phi) is 12.8. The number of rotatable bonds is 15. The number of imide groups is 1. The number of benzene rings is 3. The summed E-state index contributed by atoms with van der Waals surface area (Å²) in [6, 6.07) is 12.0. The second-order valence-electron chi connectivity index (χ2n) is 13.9. The fourth-order valence-corrected chi connectivity index (χ4v) is 8.48. The van der Waals surface area contributed by atoms with Gasteiger partial charge in [-0.05, 0) is 74.2 Å². The molecular formula is C42H45N3O11S. The molecule has 0 bridgehead atoms. The van der Waals surface area contributed by atoms with Gasteiger partial charge in [0.1, 0.15) is 17.1 Å². The van der Waals surface area contributed by atoms with E-state index in [0.29, 0.717) is 34.4 Å². The maximum Gasteiger partial charge on any atom is 0.336 e. The van der Waals surface area contributed by atoms with E-state index in [1.54, 1.807) is 19.1 Å². The quantitative estimate of drug-likeness (QED) is 0.0526. The molecule has 300 valence electrons. The number of thioether (sulfide) groups is 1. The Hall–Kier alpha value is -5.51. The first-order valence-electron chi connectivity index (χ1n) is 18.9. The average Bonchev–Trinajstić information content (AvgIpc) is 3.46. The lowest BCUT2D eigenvalue weighted by Gasteiger charge is -2.39. The largest absolute Gasteiger partial charge is 0.508 e. The lowest BCUT2D eigenvalue weighted by Crippen LogP contribution is -2.59. The third-order valence-corrected chi connectivity index (χ3v) is 11.3. The molecule has 2 aromatic carbocycles. The summed E-state index contributed by atoms with van der Waals surface area (Å²) in [5, 5.41) is 26.7. The monoisotopic (exact) mass is 799 g/mol. The Morgan fingerprint density at radius 3 is 2.44 bits per heavy atom. The number of hydrogen-bond acceptors (Lipinski definition) is 12. The van der Waals surface area contributed by atoms with Crippen LogP contribution in [0.4, 0.5) is 5.69 Å². The first kappa shape index (κ1) is 41.1. The van der Waals surface area contributed by atoms with E-state index in [2.05, 4.69) is 10.6 Å². The first-order chi connectivity index (χ1) is 27.3. The molecule has 0 radical (unpaired) electrons. The highest BCUT2D eigenvalue weighted by Crippen LogP contribution is 2.43. The van der Waals surface area contributed by atoms with Crippen LogP contribution >= 0.6 is 11.8 Å². The molecule has 0 saturated carbocycles. The van der Waals surface area contributed by atoms with Gasteiger partial charge < -0.3 is 34.7 Å². The fourth-order valence-electron chi connectivity index (χ4n) is 7.45. The maximum absolute atomic E-state index is 13.7. The van der Waals surface area contributed by atoms with Crippen molar-refractivity contribution in [1.82, 2.24) is 10.6 Å². The molecule has 3 amide bonds. The van der Waals surface area contributed by atoms with Crippen molar-refractivity contribution in [3.8, 4) is 28.2 Å². The van der Waals surface area contributed by atoms with Crippen LogP contribution in [-0.4, -0.2) is 88.3 Å². The molecule has 4 aliphatic rings. The van der Waals surface area contributed by atoms with Crippen LogP contribution < -0.4 is 21.0 Å². The molecule has 2 heterocycles. The third-order valence-electron chi connectivity index (χ3n) is 10.1. The van der Waals surface area contributed by atoms with E-state index in [1.165, 1.54) is 67.2 Å². The van der Waals surface area contributed by atoms with E-state index < -0.39 is 47.2 Å². The van der Waals surface area contributed by atoms with Crippen LogP contribution in [0.5, 0.6) is 5.75 Å². The highest BCUT2D eigenvalue weighted by atomic mass is 32.2. The number of carbonyl (C=O) groups is 5. The number of carboxylic acid groups (broad SMARTS) is 1. The number of aromatic hydroxyl groups is 1. The fraction of sp³-hybridized carbons (Fsp3) is 0.381. The number of carboxylic acids is 1. The van der Waals surface area contributed by atoms with E-state index in [-0.39, 0.29) is 70.8 Å². The van der Waals surface area contributed by atoms with Gasteiger partial charge in [-0.3, -0.25) is 19.2 Å². The van der Waals surface area contributed by atoms with Crippen molar-refractivity contribution in [2.45, 2.75) is 82.9 Å². The Morgan fingerprint density at radius 1 is 0.982 bits per heavy atom. The van der Waals surface area contributed by atoms with Gasteiger partial charge in [-0.15, -0.1) is 11.8 Å². The number of nitrogens with zero attached hydrogens (tertiary/aromatic N) is 1. The van der Waals surface area contributed by atoms with Crippen molar-refractivity contribution in [2.24, 2.45) is 0 Å². The summed E-state index contributed by atoms with van der Waals surface area (Å²) >= 11 is 1.28. The summed E-state index contributed by atoms with van der Waals surface area (Å²) in [5.41, 5.74) is 1.41. The molecule has 57 heavy (non-hydrogen) atoms. The number of esters is 1. The smallest absolute Gasteiger partial charge is 0.336 e. The summed E-state index contributed by atoms with van der Waals surface area (Å²) in [5.74, 6) is -2.47. The molecule has 4 atom stereocenters.